The fraction of sp³-hybridized carbons (Fsp3) is 0.462. The molecule has 0 amide bonds. The van der Waals surface area contributed by atoms with Crippen molar-refractivity contribution in [2.24, 2.45) is 5.92 Å². The molecule has 1 aromatic carbocycles. The van der Waals surface area contributed by atoms with Crippen molar-refractivity contribution >= 4 is 11.7 Å². The summed E-state index contributed by atoms with van der Waals surface area (Å²) in [6.45, 7) is 4.06. The molecule has 0 unspecified atom stereocenters. The second kappa shape index (κ2) is 6.95. The fourth-order valence-corrected chi connectivity index (χ4v) is 1.99. The molecule has 7 heteroatoms. The average Bonchev–Trinajstić information content (AvgIpc) is 2.26. The number of hydrogen-bond donors (Lipinski definition) is 1. The quantitative estimate of drug-likeness (QED) is 0.613. The molecule has 20 heavy (non-hydrogen) atoms. The number of carboxylic acids is 1. The third-order valence-corrected chi connectivity index (χ3v) is 2.61. The van der Waals surface area contributed by atoms with Crippen LogP contribution in [0.4, 0.5) is 10.1 Å². The smallest absolute Gasteiger partial charge is 0.317 e. The number of benzene rings is 1. The lowest BCUT2D eigenvalue weighted by Crippen LogP contribution is -2.32. The minimum Gasteiger partial charge on any atom is -0.480 e. The van der Waals surface area contributed by atoms with E-state index in [4.69, 9.17) is 5.11 Å². The summed E-state index contributed by atoms with van der Waals surface area (Å²) >= 11 is 0. The van der Waals surface area contributed by atoms with E-state index in [-0.39, 0.29) is 30.3 Å². The van der Waals surface area contributed by atoms with E-state index in [1.807, 2.05) is 13.8 Å². The van der Waals surface area contributed by atoms with Gasteiger partial charge in [-0.2, -0.15) is 0 Å². The van der Waals surface area contributed by atoms with Crippen LogP contribution in [0.2, 0.25) is 0 Å². The summed E-state index contributed by atoms with van der Waals surface area (Å²) in [6, 6.07) is 3.19. The van der Waals surface area contributed by atoms with Crippen LogP contribution >= 0.6 is 0 Å². The molecule has 0 radical (unpaired) electrons. The van der Waals surface area contributed by atoms with Gasteiger partial charge in [-0.3, -0.25) is 19.8 Å². The van der Waals surface area contributed by atoms with Crippen LogP contribution in [0.15, 0.2) is 18.2 Å². The van der Waals surface area contributed by atoms with Gasteiger partial charge >= 0.3 is 5.97 Å². The molecule has 0 aliphatic carbocycles. The number of rotatable bonds is 7. The van der Waals surface area contributed by atoms with E-state index in [1.165, 1.54) is 0 Å². The number of aliphatic carboxylic acids is 1. The Balaban J connectivity index is 2.99. The average molecular weight is 284 g/mol. The lowest BCUT2D eigenvalue weighted by atomic mass is 10.1. The maximum atomic E-state index is 13.2. The van der Waals surface area contributed by atoms with Gasteiger partial charge in [0.05, 0.1) is 11.5 Å². The number of halogens is 1. The van der Waals surface area contributed by atoms with Crippen molar-refractivity contribution in [3.63, 3.8) is 0 Å². The van der Waals surface area contributed by atoms with Gasteiger partial charge in [0, 0.05) is 24.7 Å². The molecule has 0 fully saturated rings. The largest absolute Gasteiger partial charge is 0.480 e. The second-order valence-corrected chi connectivity index (χ2v) is 4.99. The van der Waals surface area contributed by atoms with Crippen LogP contribution in [-0.2, 0) is 11.3 Å². The number of nitrogens with zero attached hydrogens (tertiary/aromatic N) is 2. The van der Waals surface area contributed by atoms with E-state index < -0.39 is 16.7 Å². The zero-order valence-corrected chi connectivity index (χ0v) is 11.4. The summed E-state index contributed by atoms with van der Waals surface area (Å²) in [4.78, 5) is 22.7. The molecule has 0 aromatic heterocycles. The Bertz CT molecular complexity index is 505. The third-order valence-electron chi connectivity index (χ3n) is 2.61. The summed E-state index contributed by atoms with van der Waals surface area (Å²) in [7, 11) is 0. The minimum absolute atomic E-state index is 0.0263. The molecule has 0 heterocycles. The summed E-state index contributed by atoms with van der Waals surface area (Å²) in [5.74, 6) is -1.41. The van der Waals surface area contributed by atoms with Gasteiger partial charge in [-0.15, -0.1) is 0 Å². The molecule has 0 bridgehead atoms. The predicted molar refractivity (Wildman–Crippen MR) is 70.8 cm³/mol. The first-order valence-corrected chi connectivity index (χ1v) is 6.16. The van der Waals surface area contributed by atoms with Gasteiger partial charge in [-0.05, 0) is 18.1 Å². The first-order chi connectivity index (χ1) is 9.29. The lowest BCUT2D eigenvalue weighted by molar-refractivity contribution is -0.385. The fourth-order valence-electron chi connectivity index (χ4n) is 1.99. The van der Waals surface area contributed by atoms with Gasteiger partial charge in [-0.1, -0.05) is 13.8 Å². The van der Waals surface area contributed by atoms with E-state index in [2.05, 4.69) is 0 Å². The Morgan fingerprint density at radius 2 is 2.15 bits per heavy atom. The molecule has 110 valence electrons. The van der Waals surface area contributed by atoms with Gasteiger partial charge < -0.3 is 5.11 Å². The Morgan fingerprint density at radius 3 is 2.65 bits per heavy atom. The van der Waals surface area contributed by atoms with Crippen LogP contribution in [0.1, 0.15) is 19.4 Å². The van der Waals surface area contributed by atoms with Crippen molar-refractivity contribution < 1.29 is 19.2 Å². The Hall–Kier alpha value is -2.02. The van der Waals surface area contributed by atoms with E-state index >= 15 is 0 Å². The third kappa shape index (κ3) is 4.93. The Morgan fingerprint density at radius 1 is 1.50 bits per heavy atom. The van der Waals surface area contributed by atoms with Crippen molar-refractivity contribution in [1.82, 2.24) is 4.90 Å². The Labute approximate surface area is 116 Å². The summed E-state index contributed by atoms with van der Waals surface area (Å²) < 4.78 is 13.2. The van der Waals surface area contributed by atoms with Crippen molar-refractivity contribution in [3.05, 3.63) is 39.7 Å². The summed E-state index contributed by atoms with van der Waals surface area (Å²) in [5, 5.41) is 19.8. The van der Waals surface area contributed by atoms with Crippen LogP contribution in [-0.4, -0.2) is 34.0 Å². The SMILES string of the molecule is CC(C)CN(CC(=O)O)Cc1cc(F)ccc1[N+](=O)[O-]. The highest BCUT2D eigenvalue weighted by Gasteiger charge is 2.19. The van der Waals surface area contributed by atoms with Gasteiger partial charge in [0.25, 0.3) is 5.69 Å². The van der Waals surface area contributed by atoms with Crippen LogP contribution in [0.25, 0.3) is 0 Å². The molecular formula is C13H17FN2O4. The highest BCUT2D eigenvalue weighted by molar-refractivity contribution is 5.69. The van der Waals surface area contributed by atoms with Gasteiger partial charge in [0.15, 0.2) is 0 Å². The molecule has 6 nitrogen and oxygen atoms in total. The molecule has 1 N–H and O–H groups in total. The molecule has 0 saturated heterocycles. The van der Waals surface area contributed by atoms with Crippen molar-refractivity contribution in [3.8, 4) is 0 Å². The number of hydrogen-bond acceptors (Lipinski definition) is 4. The topological polar surface area (TPSA) is 83.7 Å². The van der Waals surface area contributed by atoms with Crippen molar-refractivity contribution in [2.45, 2.75) is 20.4 Å². The molecule has 1 rings (SSSR count). The van der Waals surface area contributed by atoms with Gasteiger partial charge in [0.2, 0.25) is 0 Å². The number of nitro benzene ring substituents is 1. The van der Waals surface area contributed by atoms with Crippen molar-refractivity contribution in [2.75, 3.05) is 13.1 Å². The predicted octanol–water partition coefficient (Wildman–Crippen LogP) is 2.28. The molecule has 0 saturated carbocycles. The zero-order chi connectivity index (χ0) is 15.3. The maximum absolute atomic E-state index is 13.2. The first kappa shape index (κ1) is 16.0. The van der Waals surface area contributed by atoms with Gasteiger partial charge in [-0.25, -0.2) is 4.39 Å². The first-order valence-electron chi connectivity index (χ1n) is 6.16. The number of nitro groups is 1. The van der Waals surface area contributed by atoms with E-state index in [9.17, 15) is 19.3 Å². The lowest BCUT2D eigenvalue weighted by Gasteiger charge is -2.22. The number of carbonyl (C=O) groups is 1. The van der Waals surface area contributed by atoms with Crippen LogP contribution < -0.4 is 0 Å². The van der Waals surface area contributed by atoms with Gasteiger partial charge in [0.1, 0.15) is 5.82 Å². The normalized spacial score (nSPS) is 11.1. The highest BCUT2D eigenvalue weighted by Crippen LogP contribution is 2.21. The molecular weight excluding hydrogens is 267 g/mol. The molecule has 1 aromatic rings. The molecule has 0 spiro atoms. The molecule has 0 atom stereocenters. The monoisotopic (exact) mass is 284 g/mol. The Kier molecular flexibility index (Phi) is 5.57. The summed E-state index contributed by atoms with van der Waals surface area (Å²) in [6.07, 6.45) is 0. The van der Waals surface area contributed by atoms with Crippen LogP contribution in [0, 0.1) is 21.8 Å². The highest BCUT2D eigenvalue weighted by atomic mass is 19.1. The molecule has 0 aliphatic rings. The number of carboxylic acid groups (broad SMARTS) is 1. The minimum atomic E-state index is -1.02. The maximum Gasteiger partial charge on any atom is 0.317 e. The van der Waals surface area contributed by atoms with Crippen LogP contribution in [0.3, 0.4) is 0 Å². The van der Waals surface area contributed by atoms with E-state index in [1.54, 1.807) is 4.90 Å². The van der Waals surface area contributed by atoms with Crippen LogP contribution in [0.5, 0.6) is 0 Å². The zero-order valence-electron chi connectivity index (χ0n) is 11.4. The van der Waals surface area contributed by atoms with Crippen molar-refractivity contribution in [1.29, 1.82) is 0 Å². The second-order valence-electron chi connectivity index (χ2n) is 4.99. The van der Waals surface area contributed by atoms with E-state index in [0.29, 0.717) is 6.54 Å². The summed E-state index contributed by atoms with van der Waals surface area (Å²) in [5.41, 5.74) is -0.0255. The standard InChI is InChI=1S/C13H17FN2O4/c1-9(2)6-15(8-13(17)18)7-10-5-11(14)3-4-12(10)16(19)20/h3-5,9H,6-8H2,1-2H3,(H,17,18). The van der Waals surface area contributed by atoms with E-state index in [0.717, 1.165) is 18.2 Å². The molecule has 0 aliphatic heterocycles.